The van der Waals surface area contributed by atoms with Crippen molar-refractivity contribution in [3.05, 3.63) is 138 Å². The van der Waals surface area contributed by atoms with Gasteiger partial charge in [0.15, 0.2) is 24.8 Å². The van der Waals surface area contributed by atoms with Gasteiger partial charge in [-0.3, -0.25) is 38.3 Å². The third-order valence-electron chi connectivity index (χ3n) is 13.0. The first-order valence-corrected chi connectivity index (χ1v) is 42.2. The van der Waals surface area contributed by atoms with Gasteiger partial charge in [-0.2, -0.15) is 0 Å². The Labute approximate surface area is 774 Å². The first-order chi connectivity index (χ1) is 46.6. The van der Waals surface area contributed by atoms with Gasteiger partial charge in [0.05, 0.1) is 18.8 Å². The summed E-state index contributed by atoms with van der Waals surface area (Å²) in [5.74, 6) is 2.13. The van der Waals surface area contributed by atoms with Gasteiger partial charge in [0.25, 0.3) is 19.6 Å². The second-order valence-corrected chi connectivity index (χ2v) is 36.7. The Morgan fingerprint density at radius 2 is 1.09 bits per heavy atom. The molecule has 2 aliphatic rings. The molecular formula is C60H96F2N7O14PS10U6. The van der Waals surface area contributed by atoms with Gasteiger partial charge < -0.3 is 49.6 Å². The summed E-state index contributed by atoms with van der Waals surface area (Å²) in [6, 6.07) is 22.1. The number of rotatable bonds is 31. The van der Waals surface area contributed by atoms with E-state index in [2.05, 4.69) is 80.6 Å². The van der Waals surface area contributed by atoms with Crippen LogP contribution in [0.25, 0.3) is 0 Å². The average Bonchev–Trinajstić information content (AvgIpc) is 1.65. The van der Waals surface area contributed by atoms with E-state index in [1.807, 2.05) is 115 Å². The van der Waals surface area contributed by atoms with E-state index in [9.17, 15) is 38.3 Å². The van der Waals surface area contributed by atoms with E-state index in [1.165, 1.54) is 55.9 Å². The van der Waals surface area contributed by atoms with Crippen LogP contribution in [0.15, 0.2) is 104 Å². The molecule has 2 aliphatic heterocycles. The zero-order chi connectivity index (χ0) is 73.6. The minimum absolute atomic E-state index is 0. The molecule has 4 heterocycles. The van der Waals surface area contributed by atoms with Gasteiger partial charge in [-0.25, -0.2) is 23.0 Å². The van der Waals surface area contributed by atoms with Crippen molar-refractivity contribution in [2.24, 2.45) is 0 Å². The SMILES string of the molecule is CC(C)(CCC(=O)NCc1ccccc1)SSCCCCO.S=S=S=S=S=S.[2H]C[C@H]1O[C@@H](n2ccc(=O)[nH]c2=O)C(F)[C@H]1O.[2H]C[C@H]1O[C@@H](n2ccc(=O)[nH]c2=O)C(F)[C@H]1OP(OCCCCSSC(C)(C)CCC(=O)NCc1ccccc1)N(C(C)C)C(C)C.[3H]OC.[3H]OC.[U].[U].[U].[U].[U].[U]. The van der Waals surface area contributed by atoms with Crippen LogP contribution in [-0.4, -0.2) is 156 Å². The van der Waals surface area contributed by atoms with E-state index in [0.717, 1.165) is 88.6 Å². The molecule has 9 atom stereocenters. The number of H-pyrrole nitrogens is 2. The number of nitrogens with one attached hydrogen (secondary N) is 4. The molecule has 2 aromatic heterocycles. The van der Waals surface area contributed by atoms with Crippen LogP contribution in [0, 0.1) is 187 Å². The van der Waals surface area contributed by atoms with Crippen LogP contribution < -0.4 is 33.1 Å². The Balaban J connectivity index is -0.000000349. The zero-order valence-electron chi connectivity index (χ0n) is 61.6. The van der Waals surface area contributed by atoms with Crippen LogP contribution in [0.1, 0.15) is 147 Å². The summed E-state index contributed by atoms with van der Waals surface area (Å²) in [7, 11) is 13.8. The molecule has 3 unspecified atom stereocenters. The molecule has 0 aliphatic carbocycles. The maximum Gasteiger partial charge on any atom is 0.330 e. The molecule has 40 heteroatoms. The number of carbonyl (C=O) groups excluding carboxylic acids is 2. The van der Waals surface area contributed by atoms with E-state index in [1.54, 1.807) is 21.6 Å². The van der Waals surface area contributed by atoms with Crippen molar-refractivity contribution < 1.29 is 247 Å². The summed E-state index contributed by atoms with van der Waals surface area (Å²) < 4.78 is 83.3. The number of aliphatic hydroxyl groups is 4. The fourth-order valence-corrected chi connectivity index (χ4v) is 21.0. The summed E-state index contributed by atoms with van der Waals surface area (Å²) in [5, 5.41) is 31.1. The summed E-state index contributed by atoms with van der Waals surface area (Å²) in [6.07, 6.45) is -2.13. The Kier molecular flexibility index (Phi) is 71.1. The monoisotopic (exact) mass is 2960 g/mol. The molecule has 4 aromatic rings. The molecule has 2 aromatic carbocycles. The number of unbranched alkanes of at least 4 members (excludes halogenated alkanes) is 2. The number of ether oxygens (including phenoxy) is 2. The molecule has 2 amide bonds. The molecule has 0 bridgehead atoms. The number of hydrogen-bond acceptors (Lipinski definition) is 21. The van der Waals surface area contributed by atoms with Gasteiger partial charge in [-0.05, 0) is 119 Å². The standard InChI is InChI=1S/C32H50FN4O6PS2.C17H27NO2S2.C9H11FN2O4.2CH4O.S6.6U/c1-22(2)37(23(3)4)44(43-29-24(5)42-30(28(29)33)36-18-16-27(39)35-31(36)40)41-19-11-12-20-45-46-32(6,7)17-15-26(38)34-21-25-13-9-8-10-14-25;1-17(2,22-21-13-7-6-12-19)11-10-16(20)18-14-15-8-4-3-5-9-15;1-4-7(14)6(10)8(16-4)12-3-2-5(13)11-9(12)15;2*1-2;1-3-5-6-4-2;;;;;;/h8-10,13-14,16,18,22-24,28-30H,11-12,15,17,19-21H2,1-7H3,(H,34,38)(H,35,39,40);3-5,8-9,19H,6-7,10-14H2,1-2H3,(H,18,20);2-4,6-8,14H,1H3,(H,11,13,15);2*2H,1H3;;;;;;;/t24-,28?,29+,30-,44?;;4-,6?,7+,8-;;;;;;;;;/m1.1........./s1/i5D;;1D;2*2T;;;;;;;. The predicted octanol–water partition coefficient (Wildman–Crippen LogP) is 8.95. The molecule has 2 fully saturated rings. The number of nitrogens with zero attached hydrogens (tertiary/aromatic N) is 3. The van der Waals surface area contributed by atoms with E-state index in [4.69, 9.17) is 29.2 Å². The minimum atomic E-state index is -1.81. The van der Waals surface area contributed by atoms with E-state index >= 15 is 4.39 Å². The summed E-state index contributed by atoms with van der Waals surface area (Å²) >= 11 is 9.03. The number of amides is 2. The maximum absolute atomic E-state index is 15.8. The van der Waals surface area contributed by atoms with Crippen molar-refractivity contribution >= 4 is 121 Å². The summed E-state index contributed by atoms with van der Waals surface area (Å²) in [6.45, 7) is 18.0. The van der Waals surface area contributed by atoms with Crippen molar-refractivity contribution in [1.29, 1.82) is 2.86 Å². The van der Waals surface area contributed by atoms with Gasteiger partial charge >= 0.3 is 11.4 Å². The Hall–Kier alpha value is 3.70. The van der Waals surface area contributed by atoms with Crippen LogP contribution in [0.4, 0.5) is 8.78 Å². The average molecular weight is 2960 g/mol. The normalized spacial score (nSPS) is 18.6. The van der Waals surface area contributed by atoms with Crippen LogP contribution in [0.5, 0.6) is 0 Å². The van der Waals surface area contributed by atoms with E-state index in [-0.39, 0.29) is 240 Å². The van der Waals surface area contributed by atoms with Crippen LogP contribution >= 0.6 is 51.7 Å². The first kappa shape index (κ1) is 106. The number of hydrogen-bond donors (Lipinski definition) is 8. The van der Waals surface area contributed by atoms with Gasteiger partial charge in [0.1, 0.15) is 12.2 Å². The van der Waals surface area contributed by atoms with Gasteiger partial charge in [-0.1, -0.05) is 104 Å². The van der Waals surface area contributed by atoms with Crippen LogP contribution in [0.3, 0.4) is 0 Å². The third kappa shape index (κ3) is 48.6. The smallest absolute Gasteiger partial charge is 0.330 e. The molecule has 2 saturated heterocycles. The number of aliphatic hydroxyl groups excluding tert-OH is 4. The number of aromatic amines is 2. The molecule has 8 N–H and O–H groups in total. The zero-order valence-corrected chi connectivity index (χ0v) is 91.6. The Morgan fingerprint density at radius 3 is 1.46 bits per heavy atom. The number of carbonyl (C=O) groups is 2. The second kappa shape index (κ2) is 67.2. The van der Waals surface area contributed by atoms with Gasteiger partial charge in [-0.15, -0.1) is 0 Å². The van der Waals surface area contributed by atoms with Crippen molar-refractivity contribution in [3.63, 3.8) is 0 Å². The molecule has 100 heavy (non-hydrogen) atoms. The van der Waals surface area contributed by atoms with E-state index in [0.29, 0.717) is 32.5 Å². The van der Waals surface area contributed by atoms with Gasteiger partial charge in [0, 0.05) is 352 Å². The quantitative estimate of drug-likeness (QED) is 0.0132. The fourth-order valence-electron chi connectivity index (χ4n) is 8.24. The Bertz CT molecular complexity index is 3280. The second-order valence-electron chi connectivity index (χ2n) is 22.0. The van der Waals surface area contributed by atoms with Crippen LogP contribution in [0.2, 0.25) is 0 Å². The third-order valence-corrected chi connectivity index (χ3v) is 28.6. The largest absolute Gasteiger partial charge is 0.400 e. The molecular weight excluding hydrogens is 2860 g/mol. The number of aromatic nitrogens is 4. The molecule has 21 nitrogen and oxygen atoms in total. The van der Waals surface area contributed by atoms with Crippen molar-refractivity contribution in [2.75, 3.05) is 38.9 Å². The topological polar surface area (TPSA) is 289 Å². The molecule has 0 spiro atoms. The minimum Gasteiger partial charge on any atom is -0.400 e. The number of halogens is 2. The number of benzene rings is 2. The van der Waals surface area contributed by atoms with Crippen molar-refractivity contribution in [2.45, 2.75) is 204 Å². The summed E-state index contributed by atoms with van der Waals surface area (Å²) in [5.41, 5.74) is -0.586. The van der Waals surface area contributed by atoms with E-state index < -0.39 is 80.2 Å². The predicted molar refractivity (Wildman–Crippen MR) is 397 cm³/mol. The molecule has 0 radical (unpaired) electrons. The number of alkyl halides is 2. The first-order valence-electron chi connectivity index (χ1n) is 32.0. The Morgan fingerprint density at radius 1 is 0.690 bits per heavy atom. The molecule has 558 valence electrons. The summed E-state index contributed by atoms with van der Waals surface area (Å²) in [4.78, 5) is 74.5. The van der Waals surface area contributed by atoms with Crippen LogP contribution in [-0.2, 0) is 99.1 Å². The fraction of sp³-hybridized carbons (Fsp3) is 0.633. The van der Waals surface area contributed by atoms with Crippen molar-refractivity contribution in [1.82, 2.24) is 34.4 Å². The maximum atomic E-state index is 15.8. The molecule has 6 rings (SSSR count). The van der Waals surface area contributed by atoms with Gasteiger partial charge in [0.2, 0.25) is 14.7 Å². The molecule has 0 saturated carbocycles. The van der Waals surface area contributed by atoms with Crippen molar-refractivity contribution in [3.8, 4) is 0 Å².